The molecule has 4 nitrogen and oxygen atoms in total. The summed E-state index contributed by atoms with van der Waals surface area (Å²) in [4.78, 5) is 12.2. The van der Waals surface area contributed by atoms with E-state index in [2.05, 4.69) is 12.0 Å². The van der Waals surface area contributed by atoms with Crippen molar-refractivity contribution in [2.45, 2.75) is 46.0 Å². The smallest absolute Gasteiger partial charge is 0.315 e. The molecule has 1 heterocycles. The minimum atomic E-state index is -0.125. The molecule has 0 spiro atoms. The Morgan fingerprint density at radius 3 is 2.76 bits per heavy atom. The summed E-state index contributed by atoms with van der Waals surface area (Å²) >= 11 is 0. The lowest BCUT2D eigenvalue weighted by atomic mass is 10.00. The summed E-state index contributed by atoms with van der Waals surface area (Å²) in [6.45, 7) is 4.93. The van der Waals surface area contributed by atoms with E-state index in [4.69, 9.17) is 4.74 Å². The first-order valence-electron chi connectivity index (χ1n) is 7.86. The van der Waals surface area contributed by atoms with E-state index in [9.17, 15) is 4.79 Å². The van der Waals surface area contributed by atoms with Crippen LogP contribution in [0.3, 0.4) is 0 Å². The Bertz CT molecular complexity index is 485. The van der Waals surface area contributed by atoms with Crippen LogP contribution < -0.4 is 5.01 Å². The zero-order chi connectivity index (χ0) is 15.1. The molecule has 0 aliphatic carbocycles. The van der Waals surface area contributed by atoms with Gasteiger partial charge in [0, 0.05) is 6.42 Å². The second kappa shape index (κ2) is 7.81. The number of benzene rings is 1. The molecule has 4 heteroatoms. The monoisotopic (exact) mass is 288 g/mol. The van der Waals surface area contributed by atoms with Crippen LogP contribution in [0.25, 0.3) is 0 Å². The second-order valence-corrected chi connectivity index (χ2v) is 5.37. The summed E-state index contributed by atoms with van der Waals surface area (Å²) in [7, 11) is 0. The Balaban J connectivity index is 1.92. The lowest BCUT2D eigenvalue weighted by Crippen LogP contribution is -2.20. The molecule has 0 saturated carbocycles. The highest BCUT2D eigenvalue weighted by atomic mass is 16.5. The van der Waals surface area contributed by atoms with Gasteiger partial charge in [0.05, 0.1) is 18.2 Å². The predicted octanol–water partition coefficient (Wildman–Crippen LogP) is 3.97. The Morgan fingerprint density at radius 2 is 2.10 bits per heavy atom. The van der Waals surface area contributed by atoms with E-state index in [1.54, 1.807) is 0 Å². The lowest BCUT2D eigenvalue weighted by Gasteiger charge is -2.13. The molecule has 1 aliphatic heterocycles. The van der Waals surface area contributed by atoms with Crippen LogP contribution in [-0.4, -0.2) is 18.4 Å². The maximum atomic E-state index is 12.2. The van der Waals surface area contributed by atoms with Gasteiger partial charge in [-0.05, 0) is 25.0 Å². The third-order valence-corrected chi connectivity index (χ3v) is 3.77. The second-order valence-electron chi connectivity index (χ2n) is 5.37. The van der Waals surface area contributed by atoms with Gasteiger partial charge in [-0.1, -0.05) is 44.9 Å². The van der Waals surface area contributed by atoms with Crippen molar-refractivity contribution in [3.05, 3.63) is 30.3 Å². The minimum absolute atomic E-state index is 0.00146. The maximum absolute atomic E-state index is 12.2. The lowest BCUT2D eigenvalue weighted by molar-refractivity contribution is -0.140. The fourth-order valence-corrected chi connectivity index (χ4v) is 2.43. The number of esters is 1. The Morgan fingerprint density at radius 1 is 1.33 bits per heavy atom. The largest absolute Gasteiger partial charge is 0.410 e. The SMILES string of the molecule is CCCCC(CC)C(=O)OC1=NN(c2ccccc2)CC1. The maximum Gasteiger partial charge on any atom is 0.315 e. The third kappa shape index (κ3) is 4.31. The molecule has 0 saturated heterocycles. The molecule has 0 N–H and O–H groups in total. The number of unbranched alkanes of at least 4 members (excludes halogenated alkanes) is 1. The van der Waals surface area contributed by atoms with Crippen LogP contribution in [0.4, 0.5) is 5.69 Å². The summed E-state index contributed by atoms with van der Waals surface area (Å²) in [6, 6.07) is 9.94. The molecule has 0 radical (unpaired) electrons. The van der Waals surface area contributed by atoms with Gasteiger partial charge in [0.15, 0.2) is 0 Å². The fraction of sp³-hybridized carbons (Fsp3) is 0.529. The van der Waals surface area contributed by atoms with Gasteiger partial charge in [0.25, 0.3) is 0 Å². The van der Waals surface area contributed by atoms with Crippen molar-refractivity contribution in [3.8, 4) is 0 Å². The summed E-state index contributed by atoms with van der Waals surface area (Å²) < 4.78 is 5.48. The van der Waals surface area contributed by atoms with Crippen LogP contribution in [0.5, 0.6) is 0 Å². The van der Waals surface area contributed by atoms with Crippen molar-refractivity contribution < 1.29 is 9.53 Å². The summed E-state index contributed by atoms with van der Waals surface area (Å²) in [5, 5.41) is 6.29. The quantitative estimate of drug-likeness (QED) is 0.744. The molecule has 1 atom stereocenters. The highest BCUT2D eigenvalue weighted by Gasteiger charge is 2.23. The number of carbonyl (C=O) groups excluding carboxylic acids is 1. The van der Waals surface area contributed by atoms with Crippen LogP contribution >= 0.6 is 0 Å². The molecule has 1 aromatic carbocycles. The number of ether oxygens (including phenoxy) is 1. The number of hydrogen-bond acceptors (Lipinski definition) is 4. The molecule has 0 fully saturated rings. The number of hydrazone groups is 1. The van der Waals surface area contributed by atoms with Gasteiger partial charge in [-0.3, -0.25) is 9.80 Å². The molecule has 21 heavy (non-hydrogen) atoms. The average Bonchev–Trinajstić information content (AvgIpc) is 2.97. The summed E-state index contributed by atoms with van der Waals surface area (Å²) in [6.07, 6.45) is 4.59. The first kappa shape index (κ1) is 15.5. The number of carbonyl (C=O) groups is 1. The predicted molar refractivity (Wildman–Crippen MR) is 85.2 cm³/mol. The van der Waals surface area contributed by atoms with E-state index in [0.29, 0.717) is 12.3 Å². The van der Waals surface area contributed by atoms with Crippen LogP contribution in [0.1, 0.15) is 46.0 Å². The standard InChI is InChI=1S/C17H24N2O2/c1-3-5-9-14(4-2)17(20)21-16-12-13-19(18-16)15-10-7-6-8-11-15/h6-8,10-11,14H,3-5,9,12-13H2,1-2H3. The number of rotatable bonds is 6. The van der Waals surface area contributed by atoms with Crippen molar-refractivity contribution in [1.29, 1.82) is 0 Å². The highest BCUT2D eigenvalue weighted by molar-refractivity contribution is 5.91. The number of para-hydroxylation sites is 1. The Labute approximate surface area is 126 Å². The van der Waals surface area contributed by atoms with Crippen LogP contribution in [0, 0.1) is 5.92 Å². The Hall–Kier alpha value is -1.84. The van der Waals surface area contributed by atoms with Crippen LogP contribution in [-0.2, 0) is 9.53 Å². The molecule has 0 aromatic heterocycles. The molecule has 0 amide bonds. The van der Waals surface area contributed by atoms with E-state index in [0.717, 1.165) is 37.9 Å². The number of anilines is 1. The summed E-state index contributed by atoms with van der Waals surface area (Å²) in [5.74, 6) is 0.414. The third-order valence-electron chi connectivity index (χ3n) is 3.77. The molecule has 114 valence electrons. The van der Waals surface area contributed by atoms with E-state index in [1.807, 2.05) is 42.3 Å². The first-order valence-corrected chi connectivity index (χ1v) is 7.86. The van der Waals surface area contributed by atoms with Crippen molar-refractivity contribution in [3.63, 3.8) is 0 Å². The molecule has 1 aromatic rings. The van der Waals surface area contributed by atoms with E-state index in [-0.39, 0.29) is 11.9 Å². The van der Waals surface area contributed by atoms with Crippen molar-refractivity contribution in [2.75, 3.05) is 11.6 Å². The highest BCUT2D eigenvalue weighted by Crippen LogP contribution is 2.20. The molecular formula is C17H24N2O2. The summed E-state index contributed by atoms with van der Waals surface area (Å²) in [5.41, 5.74) is 1.03. The van der Waals surface area contributed by atoms with E-state index in [1.165, 1.54) is 0 Å². The fourth-order valence-electron chi connectivity index (χ4n) is 2.43. The van der Waals surface area contributed by atoms with Crippen molar-refractivity contribution in [1.82, 2.24) is 0 Å². The Kier molecular flexibility index (Phi) is 5.78. The van der Waals surface area contributed by atoms with Gasteiger partial charge in [-0.25, -0.2) is 0 Å². The average molecular weight is 288 g/mol. The van der Waals surface area contributed by atoms with Gasteiger partial charge in [0.1, 0.15) is 0 Å². The van der Waals surface area contributed by atoms with E-state index < -0.39 is 0 Å². The topological polar surface area (TPSA) is 41.9 Å². The molecule has 2 rings (SSSR count). The van der Waals surface area contributed by atoms with Gasteiger partial charge < -0.3 is 4.74 Å². The zero-order valence-corrected chi connectivity index (χ0v) is 12.9. The minimum Gasteiger partial charge on any atom is -0.410 e. The first-order chi connectivity index (χ1) is 10.2. The van der Waals surface area contributed by atoms with Crippen LogP contribution in [0.2, 0.25) is 0 Å². The molecular weight excluding hydrogens is 264 g/mol. The van der Waals surface area contributed by atoms with Gasteiger partial charge in [-0.15, -0.1) is 5.10 Å². The van der Waals surface area contributed by atoms with Crippen molar-refractivity contribution >= 4 is 17.6 Å². The molecule has 0 bridgehead atoms. The zero-order valence-electron chi connectivity index (χ0n) is 12.9. The van der Waals surface area contributed by atoms with Crippen LogP contribution in [0.15, 0.2) is 35.4 Å². The molecule has 1 aliphatic rings. The van der Waals surface area contributed by atoms with Crippen molar-refractivity contribution in [2.24, 2.45) is 11.0 Å². The molecule has 1 unspecified atom stereocenters. The number of nitrogens with zero attached hydrogens (tertiary/aromatic N) is 2. The van der Waals surface area contributed by atoms with Gasteiger partial charge >= 0.3 is 5.97 Å². The van der Waals surface area contributed by atoms with Gasteiger partial charge in [-0.2, -0.15) is 0 Å². The van der Waals surface area contributed by atoms with E-state index >= 15 is 0 Å². The van der Waals surface area contributed by atoms with Gasteiger partial charge in [0.2, 0.25) is 5.90 Å². The normalized spacial score (nSPS) is 15.7. The number of hydrogen-bond donors (Lipinski definition) is 0.